The van der Waals surface area contributed by atoms with Crippen LogP contribution < -0.4 is 5.32 Å². The van der Waals surface area contributed by atoms with Gasteiger partial charge in [-0.2, -0.15) is 0 Å². The highest BCUT2D eigenvalue weighted by Gasteiger charge is 2.28. The standard InChI is InChI=1S/C23H30N2O2/c1-17-13-14-18(2)21(15-17)24-23(27)25(20-11-7-4-8-12-20)16-22(26)19-9-5-3-6-10-19/h3,5-6,9-10,13-15,20,22,26H,4,7-8,11-12,16H2,1-2H3,(H,24,27). The molecule has 0 heterocycles. The minimum absolute atomic E-state index is 0.120. The molecule has 0 aliphatic heterocycles. The second-order valence-electron chi connectivity index (χ2n) is 7.62. The fourth-order valence-corrected chi connectivity index (χ4v) is 3.81. The highest BCUT2D eigenvalue weighted by Crippen LogP contribution is 2.26. The number of aliphatic hydroxyl groups excluding tert-OH is 1. The van der Waals surface area contributed by atoms with Gasteiger partial charge in [0.1, 0.15) is 0 Å². The van der Waals surface area contributed by atoms with Crippen molar-refractivity contribution in [2.45, 2.75) is 58.1 Å². The van der Waals surface area contributed by atoms with Crippen LogP contribution in [0.5, 0.6) is 0 Å². The van der Waals surface area contributed by atoms with Crippen LogP contribution in [-0.2, 0) is 0 Å². The number of amides is 2. The number of carbonyl (C=O) groups is 1. The van der Waals surface area contributed by atoms with Crippen LogP contribution in [0, 0.1) is 13.8 Å². The van der Waals surface area contributed by atoms with Gasteiger partial charge in [-0.1, -0.05) is 61.7 Å². The Labute approximate surface area is 162 Å². The molecule has 4 heteroatoms. The first-order chi connectivity index (χ1) is 13.0. The molecule has 2 aromatic carbocycles. The topological polar surface area (TPSA) is 52.6 Å². The lowest BCUT2D eigenvalue weighted by atomic mass is 9.94. The normalized spacial score (nSPS) is 16.0. The Balaban J connectivity index is 1.78. The van der Waals surface area contributed by atoms with Crippen LogP contribution in [0.2, 0.25) is 0 Å². The molecular formula is C23H30N2O2. The van der Waals surface area contributed by atoms with Crippen molar-refractivity contribution in [1.29, 1.82) is 0 Å². The second-order valence-corrected chi connectivity index (χ2v) is 7.62. The summed E-state index contributed by atoms with van der Waals surface area (Å²) in [6.45, 7) is 4.33. The van der Waals surface area contributed by atoms with Gasteiger partial charge in [-0.3, -0.25) is 0 Å². The summed E-state index contributed by atoms with van der Waals surface area (Å²) >= 11 is 0. The lowest BCUT2D eigenvalue weighted by Gasteiger charge is -2.36. The quantitative estimate of drug-likeness (QED) is 0.764. The summed E-state index contributed by atoms with van der Waals surface area (Å²) in [6.07, 6.45) is 4.82. The molecule has 1 aliphatic carbocycles. The van der Waals surface area contributed by atoms with Crippen LogP contribution in [0.25, 0.3) is 0 Å². The molecule has 0 spiro atoms. The van der Waals surface area contributed by atoms with E-state index in [1.54, 1.807) is 0 Å². The molecule has 3 rings (SSSR count). The number of nitrogens with one attached hydrogen (secondary N) is 1. The lowest BCUT2D eigenvalue weighted by Crippen LogP contribution is -2.46. The van der Waals surface area contributed by atoms with Gasteiger partial charge < -0.3 is 15.3 Å². The molecule has 1 saturated carbocycles. The largest absolute Gasteiger partial charge is 0.387 e. The number of urea groups is 1. The third-order valence-electron chi connectivity index (χ3n) is 5.46. The van der Waals surface area contributed by atoms with Crippen molar-refractivity contribution in [2.24, 2.45) is 0 Å². The van der Waals surface area contributed by atoms with Crippen LogP contribution in [-0.4, -0.2) is 28.6 Å². The van der Waals surface area contributed by atoms with Crippen molar-refractivity contribution in [3.63, 3.8) is 0 Å². The Morgan fingerprint density at radius 3 is 2.52 bits per heavy atom. The number of rotatable bonds is 5. The molecule has 1 aliphatic rings. The van der Waals surface area contributed by atoms with Gasteiger partial charge in [0.05, 0.1) is 12.6 Å². The van der Waals surface area contributed by atoms with Gasteiger partial charge in [-0.15, -0.1) is 0 Å². The van der Waals surface area contributed by atoms with Crippen molar-refractivity contribution in [2.75, 3.05) is 11.9 Å². The van der Waals surface area contributed by atoms with E-state index in [1.807, 2.05) is 67.3 Å². The zero-order valence-electron chi connectivity index (χ0n) is 16.3. The smallest absolute Gasteiger partial charge is 0.322 e. The van der Waals surface area contributed by atoms with E-state index < -0.39 is 6.10 Å². The zero-order valence-corrected chi connectivity index (χ0v) is 16.3. The first kappa shape index (κ1) is 19.4. The van der Waals surface area contributed by atoms with Crippen LogP contribution in [0.15, 0.2) is 48.5 Å². The van der Waals surface area contributed by atoms with E-state index in [1.165, 1.54) is 6.42 Å². The molecule has 144 valence electrons. The molecular weight excluding hydrogens is 336 g/mol. The van der Waals surface area contributed by atoms with Gasteiger partial charge in [-0.05, 0) is 49.4 Å². The molecule has 1 atom stereocenters. The van der Waals surface area contributed by atoms with Gasteiger partial charge >= 0.3 is 6.03 Å². The van der Waals surface area contributed by atoms with Crippen molar-refractivity contribution < 1.29 is 9.90 Å². The fraction of sp³-hybridized carbons (Fsp3) is 0.435. The Bertz CT molecular complexity index is 754. The van der Waals surface area contributed by atoms with Gasteiger partial charge in [0, 0.05) is 11.7 Å². The summed E-state index contributed by atoms with van der Waals surface area (Å²) in [6, 6.07) is 15.7. The van der Waals surface area contributed by atoms with Gasteiger partial charge in [0.15, 0.2) is 0 Å². The summed E-state index contributed by atoms with van der Waals surface area (Å²) in [5.41, 5.74) is 3.85. The number of carbonyl (C=O) groups excluding carboxylic acids is 1. The Hall–Kier alpha value is -2.33. The van der Waals surface area contributed by atoms with E-state index in [9.17, 15) is 9.90 Å². The Morgan fingerprint density at radius 2 is 1.81 bits per heavy atom. The summed E-state index contributed by atoms with van der Waals surface area (Å²) < 4.78 is 0. The van der Waals surface area contributed by atoms with Crippen LogP contribution in [0.4, 0.5) is 10.5 Å². The van der Waals surface area contributed by atoms with E-state index in [2.05, 4.69) is 5.32 Å². The van der Waals surface area contributed by atoms with Crippen LogP contribution in [0.3, 0.4) is 0 Å². The number of nitrogens with zero attached hydrogens (tertiary/aromatic N) is 1. The molecule has 2 N–H and O–H groups in total. The SMILES string of the molecule is Cc1ccc(C)c(NC(=O)N(CC(O)c2ccccc2)C2CCCCC2)c1. The zero-order chi connectivity index (χ0) is 19.2. The molecule has 0 radical (unpaired) electrons. The van der Waals surface area contributed by atoms with Gasteiger partial charge in [-0.25, -0.2) is 4.79 Å². The Morgan fingerprint density at radius 1 is 1.11 bits per heavy atom. The third-order valence-corrected chi connectivity index (χ3v) is 5.46. The number of anilines is 1. The lowest BCUT2D eigenvalue weighted by molar-refractivity contribution is 0.0957. The number of benzene rings is 2. The van der Waals surface area contributed by atoms with E-state index >= 15 is 0 Å². The molecule has 27 heavy (non-hydrogen) atoms. The number of hydrogen-bond acceptors (Lipinski definition) is 2. The van der Waals surface area contributed by atoms with Crippen LogP contribution in [0.1, 0.15) is 54.9 Å². The van der Waals surface area contributed by atoms with Crippen molar-refractivity contribution >= 4 is 11.7 Å². The molecule has 0 saturated heterocycles. The molecule has 2 aromatic rings. The average Bonchev–Trinajstić information content (AvgIpc) is 2.70. The summed E-state index contributed by atoms with van der Waals surface area (Å²) in [7, 11) is 0. The summed E-state index contributed by atoms with van der Waals surface area (Å²) in [5, 5.41) is 13.8. The molecule has 2 amide bonds. The van der Waals surface area contributed by atoms with E-state index in [0.717, 1.165) is 48.1 Å². The van der Waals surface area contributed by atoms with Crippen molar-refractivity contribution in [3.05, 3.63) is 65.2 Å². The monoisotopic (exact) mass is 366 g/mol. The number of aliphatic hydroxyl groups is 1. The first-order valence-electron chi connectivity index (χ1n) is 9.92. The molecule has 0 bridgehead atoms. The summed E-state index contributed by atoms with van der Waals surface area (Å²) in [5.74, 6) is 0. The molecule has 1 fully saturated rings. The fourth-order valence-electron chi connectivity index (χ4n) is 3.81. The van der Waals surface area contributed by atoms with E-state index in [-0.39, 0.29) is 12.1 Å². The first-order valence-corrected chi connectivity index (χ1v) is 9.92. The predicted octanol–water partition coefficient (Wildman–Crippen LogP) is 5.20. The second kappa shape index (κ2) is 9.05. The number of aryl methyl sites for hydroxylation is 2. The van der Waals surface area contributed by atoms with Crippen LogP contribution >= 0.6 is 0 Å². The van der Waals surface area contributed by atoms with Crippen molar-refractivity contribution in [1.82, 2.24) is 4.90 Å². The predicted molar refractivity (Wildman–Crippen MR) is 110 cm³/mol. The number of hydrogen-bond donors (Lipinski definition) is 2. The minimum atomic E-state index is -0.683. The van der Waals surface area contributed by atoms with Gasteiger partial charge in [0.2, 0.25) is 0 Å². The van der Waals surface area contributed by atoms with E-state index in [4.69, 9.17) is 0 Å². The van der Waals surface area contributed by atoms with E-state index in [0.29, 0.717) is 6.54 Å². The molecule has 0 aromatic heterocycles. The maximum atomic E-state index is 13.1. The summed E-state index contributed by atoms with van der Waals surface area (Å²) in [4.78, 5) is 15.0. The highest BCUT2D eigenvalue weighted by atomic mass is 16.3. The van der Waals surface area contributed by atoms with Crippen molar-refractivity contribution in [3.8, 4) is 0 Å². The average molecular weight is 367 g/mol. The highest BCUT2D eigenvalue weighted by molar-refractivity contribution is 5.90. The van der Waals surface area contributed by atoms with Gasteiger partial charge in [0.25, 0.3) is 0 Å². The Kier molecular flexibility index (Phi) is 6.51. The minimum Gasteiger partial charge on any atom is -0.387 e. The molecule has 4 nitrogen and oxygen atoms in total. The third kappa shape index (κ3) is 5.10. The molecule has 1 unspecified atom stereocenters. The maximum Gasteiger partial charge on any atom is 0.322 e. The maximum absolute atomic E-state index is 13.1.